The Balaban J connectivity index is 1.75. The molecule has 1 N–H and O–H groups in total. The van der Waals surface area contributed by atoms with Gasteiger partial charge in [-0.15, -0.1) is 10.2 Å². The maximum atomic E-state index is 11.8. The molecule has 7 nitrogen and oxygen atoms in total. The molecule has 0 spiro atoms. The molecule has 2 aromatic rings. The monoisotopic (exact) mass is 267 g/mol. The van der Waals surface area contributed by atoms with Crippen molar-refractivity contribution in [2.24, 2.45) is 7.05 Å². The Morgan fingerprint density at radius 3 is 2.94 bits per heavy atom. The van der Waals surface area contributed by atoms with Crippen LogP contribution in [-0.2, 0) is 7.05 Å². The van der Waals surface area contributed by atoms with Gasteiger partial charge < -0.3 is 4.42 Å². The van der Waals surface area contributed by atoms with Crippen LogP contribution in [0.1, 0.15) is 35.3 Å². The van der Waals surface area contributed by atoms with E-state index in [1.54, 1.807) is 13.2 Å². The second kappa shape index (κ2) is 4.09. The molecule has 0 radical (unpaired) electrons. The summed E-state index contributed by atoms with van der Waals surface area (Å²) in [5, 5.41) is 14.4. The van der Waals surface area contributed by atoms with Gasteiger partial charge in [0.1, 0.15) is 5.02 Å². The van der Waals surface area contributed by atoms with E-state index in [0.29, 0.717) is 16.8 Å². The van der Waals surface area contributed by atoms with Crippen LogP contribution in [-0.4, -0.2) is 25.9 Å². The number of nitrogens with one attached hydrogen (secondary N) is 1. The van der Waals surface area contributed by atoms with E-state index in [9.17, 15) is 4.79 Å². The predicted octanol–water partition coefficient (Wildman–Crippen LogP) is 1.59. The molecule has 0 saturated heterocycles. The molecule has 1 aliphatic carbocycles. The fourth-order valence-electron chi connectivity index (χ4n) is 1.53. The molecule has 94 valence electrons. The molecule has 0 bridgehead atoms. The Hall–Kier alpha value is -1.89. The number of anilines is 1. The first-order valence-electron chi connectivity index (χ1n) is 5.47. The lowest BCUT2D eigenvalue weighted by atomic mass is 10.4. The third-order valence-electron chi connectivity index (χ3n) is 2.58. The van der Waals surface area contributed by atoms with Gasteiger partial charge in [0.25, 0.3) is 0 Å². The Morgan fingerprint density at radius 1 is 1.56 bits per heavy atom. The summed E-state index contributed by atoms with van der Waals surface area (Å²) in [6.45, 7) is 0. The summed E-state index contributed by atoms with van der Waals surface area (Å²) in [6.07, 6.45) is 3.66. The Labute approximate surface area is 107 Å². The SMILES string of the molecule is Cn1cc(Cl)c(NC(=O)c2nnc(C3CC3)o2)n1. The van der Waals surface area contributed by atoms with Gasteiger partial charge in [0.2, 0.25) is 5.89 Å². The van der Waals surface area contributed by atoms with E-state index in [1.807, 2.05) is 0 Å². The molecule has 0 atom stereocenters. The number of hydrogen-bond acceptors (Lipinski definition) is 5. The van der Waals surface area contributed by atoms with Crippen LogP contribution in [0, 0.1) is 0 Å². The van der Waals surface area contributed by atoms with Crippen molar-refractivity contribution < 1.29 is 9.21 Å². The number of carbonyl (C=O) groups excluding carboxylic acids is 1. The van der Waals surface area contributed by atoms with E-state index >= 15 is 0 Å². The largest absolute Gasteiger partial charge is 0.417 e. The van der Waals surface area contributed by atoms with Gasteiger partial charge in [-0.1, -0.05) is 11.6 Å². The number of aryl methyl sites for hydroxylation is 1. The van der Waals surface area contributed by atoms with Gasteiger partial charge in [-0.25, -0.2) is 0 Å². The molecule has 8 heteroatoms. The van der Waals surface area contributed by atoms with Crippen molar-refractivity contribution in [3.05, 3.63) is 23.0 Å². The zero-order valence-corrected chi connectivity index (χ0v) is 10.3. The standard InChI is InChI=1S/C10H10ClN5O2/c1-16-4-6(11)7(15-16)12-8(17)10-14-13-9(18-10)5-2-3-5/h4-5H,2-3H2,1H3,(H,12,15,17). The highest BCUT2D eigenvalue weighted by molar-refractivity contribution is 6.33. The third kappa shape index (κ3) is 2.08. The number of carbonyl (C=O) groups is 1. The Morgan fingerprint density at radius 2 is 2.33 bits per heavy atom. The van der Waals surface area contributed by atoms with Crippen LogP contribution in [0.5, 0.6) is 0 Å². The maximum absolute atomic E-state index is 11.8. The van der Waals surface area contributed by atoms with E-state index < -0.39 is 5.91 Å². The molecule has 1 saturated carbocycles. The van der Waals surface area contributed by atoms with Gasteiger partial charge in [-0.05, 0) is 12.8 Å². The van der Waals surface area contributed by atoms with Gasteiger partial charge >= 0.3 is 11.8 Å². The fraction of sp³-hybridized carbons (Fsp3) is 0.400. The molecule has 0 aliphatic heterocycles. The van der Waals surface area contributed by atoms with Crippen molar-refractivity contribution in [2.75, 3.05) is 5.32 Å². The summed E-state index contributed by atoms with van der Waals surface area (Å²) in [7, 11) is 1.71. The predicted molar refractivity (Wildman–Crippen MR) is 62.4 cm³/mol. The van der Waals surface area contributed by atoms with E-state index in [-0.39, 0.29) is 11.7 Å². The molecular weight excluding hydrogens is 258 g/mol. The molecular formula is C10H10ClN5O2. The zero-order valence-electron chi connectivity index (χ0n) is 9.55. The summed E-state index contributed by atoms with van der Waals surface area (Å²) < 4.78 is 6.78. The highest BCUT2D eigenvalue weighted by Crippen LogP contribution is 2.39. The number of nitrogens with zero attached hydrogens (tertiary/aromatic N) is 4. The molecule has 2 aromatic heterocycles. The van der Waals surface area contributed by atoms with E-state index in [4.69, 9.17) is 16.0 Å². The molecule has 1 aliphatic rings. The van der Waals surface area contributed by atoms with Crippen molar-refractivity contribution in [3.63, 3.8) is 0 Å². The van der Waals surface area contributed by atoms with Gasteiger partial charge in [0, 0.05) is 19.2 Å². The van der Waals surface area contributed by atoms with E-state index in [0.717, 1.165) is 12.8 Å². The van der Waals surface area contributed by atoms with Crippen LogP contribution in [0.25, 0.3) is 0 Å². The number of halogens is 1. The summed E-state index contributed by atoms with van der Waals surface area (Å²) in [6, 6.07) is 0. The molecule has 18 heavy (non-hydrogen) atoms. The van der Waals surface area contributed by atoms with Crippen LogP contribution in [0.15, 0.2) is 10.6 Å². The summed E-state index contributed by atoms with van der Waals surface area (Å²) in [5.74, 6) is 0.536. The van der Waals surface area contributed by atoms with Crippen LogP contribution in [0.2, 0.25) is 5.02 Å². The molecule has 0 aromatic carbocycles. The number of aromatic nitrogens is 4. The lowest BCUT2D eigenvalue weighted by molar-refractivity contribution is 0.0988. The minimum atomic E-state index is -0.505. The Bertz CT molecular complexity index is 601. The second-order valence-corrected chi connectivity index (χ2v) is 4.58. The summed E-state index contributed by atoms with van der Waals surface area (Å²) in [5.41, 5.74) is 0. The Kier molecular flexibility index (Phi) is 2.55. The lowest BCUT2D eigenvalue weighted by Crippen LogP contribution is -2.13. The molecule has 1 amide bonds. The normalized spacial score (nSPS) is 14.8. The average molecular weight is 268 g/mol. The quantitative estimate of drug-likeness (QED) is 0.912. The van der Waals surface area contributed by atoms with Gasteiger partial charge in [-0.2, -0.15) is 5.10 Å². The average Bonchev–Trinajstić information content (AvgIpc) is 2.96. The van der Waals surface area contributed by atoms with Gasteiger partial charge in [-0.3, -0.25) is 14.8 Å². The maximum Gasteiger partial charge on any atom is 0.314 e. The number of hydrogen-bond donors (Lipinski definition) is 1. The van der Waals surface area contributed by atoms with Crippen molar-refractivity contribution in [1.29, 1.82) is 0 Å². The van der Waals surface area contributed by atoms with Crippen LogP contribution < -0.4 is 5.32 Å². The van der Waals surface area contributed by atoms with E-state index in [1.165, 1.54) is 4.68 Å². The minimum absolute atomic E-state index is 0.0707. The molecule has 0 unspecified atom stereocenters. The third-order valence-corrected chi connectivity index (χ3v) is 2.85. The van der Waals surface area contributed by atoms with Gasteiger partial charge in [0.15, 0.2) is 5.82 Å². The second-order valence-electron chi connectivity index (χ2n) is 4.17. The first kappa shape index (κ1) is 11.2. The highest BCUT2D eigenvalue weighted by atomic mass is 35.5. The minimum Gasteiger partial charge on any atom is -0.417 e. The smallest absolute Gasteiger partial charge is 0.314 e. The first-order valence-corrected chi connectivity index (χ1v) is 5.85. The number of rotatable bonds is 3. The van der Waals surface area contributed by atoms with Crippen LogP contribution in [0.4, 0.5) is 5.82 Å². The van der Waals surface area contributed by atoms with Crippen molar-refractivity contribution >= 4 is 23.3 Å². The van der Waals surface area contributed by atoms with E-state index in [2.05, 4.69) is 20.6 Å². The zero-order chi connectivity index (χ0) is 12.7. The first-order chi connectivity index (χ1) is 8.63. The van der Waals surface area contributed by atoms with Crippen LogP contribution in [0.3, 0.4) is 0 Å². The highest BCUT2D eigenvalue weighted by Gasteiger charge is 2.30. The summed E-state index contributed by atoms with van der Waals surface area (Å²) >= 11 is 5.88. The van der Waals surface area contributed by atoms with Crippen molar-refractivity contribution in [3.8, 4) is 0 Å². The van der Waals surface area contributed by atoms with Crippen LogP contribution >= 0.6 is 11.6 Å². The summed E-state index contributed by atoms with van der Waals surface area (Å²) in [4.78, 5) is 11.8. The molecule has 2 heterocycles. The topological polar surface area (TPSA) is 85.8 Å². The fourth-order valence-corrected chi connectivity index (χ4v) is 1.75. The van der Waals surface area contributed by atoms with Crippen molar-refractivity contribution in [1.82, 2.24) is 20.0 Å². The molecule has 1 fully saturated rings. The lowest BCUT2D eigenvalue weighted by Gasteiger charge is -1.97. The van der Waals surface area contributed by atoms with Crippen molar-refractivity contribution in [2.45, 2.75) is 18.8 Å². The molecule has 3 rings (SSSR count). The van der Waals surface area contributed by atoms with Gasteiger partial charge in [0.05, 0.1) is 0 Å². The number of amides is 1.